The van der Waals surface area contributed by atoms with Crippen molar-refractivity contribution in [2.45, 2.75) is 136 Å². The van der Waals surface area contributed by atoms with Crippen molar-refractivity contribution >= 4 is 23.9 Å². The standard InChI is InChI=1S/C21H38O4.C19H36O4/c1-14(2)12-24-20(22)18(16(5)6)19(17-10-8-7-9-11-17)21(23)25-13-15(3)4;1-12(2)10-22-17(20)15(14(5)6)16(19(7,8)9)18(21)23-11-13(3)4/h14-19H,7-13H2,1-6H3;12-16H,10-11H2,1-9H3. The van der Waals surface area contributed by atoms with Gasteiger partial charge in [0.25, 0.3) is 0 Å². The molecule has 0 aliphatic heterocycles. The third kappa shape index (κ3) is 17.5. The predicted molar refractivity (Wildman–Crippen MR) is 193 cm³/mol. The molecule has 0 bridgehead atoms. The van der Waals surface area contributed by atoms with Crippen molar-refractivity contribution in [1.29, 1.82) is 0 Å². The van der Waals surface area contributed by atoms with Crippen LogP contribution in [0, 0.1) is 70.5 Å². The van der Waals surface area contributed by atoms with E-state index >= 15 is 0 Å². The fourth-order valence-corrected chi connectivity index (χ4v) is 6.16. The molecule has 0 saturated heterocycles. The summed E-state index contributed by atoms with van der Waals surface area (Å²) in [6.45, 7) is 31.5. The molecule has 1 saturated carbocycles. The van der Waals surface area contributed by atoms with Crippen molar-refractivity contribution in [3.63, 3.8) is 0 Å². The van der Waals surface area contributed by atoms with Crippen LogP contribution in [0.5, 0.6) is 0 Å². The molecule has 0 aromatic heterocycles. The Morgan fingerprint density at radius 1 is 0.500 bits per heavy atom. The molecule has 0 aromatic carbocycles. The Bertz CT molecular complexity index is 937. The van der Waals surface area contributed by atoms with Crippen molar-refractivity contribution in [3.05, 3.63) is 0 Å². The van der Waals surface area contributed by atoms with Gasteiger partial charge in [-0.25, -0.2) is 0 Å². The second kappa shape index (κ2) is 22.6. The first-order valence-electron chi connectivity index (χ1n) is 18.8. The fourth-order valence-electron chi connectivity index (χ4n) is 6.16. The second-order valence-electron chi connectivity index (χ2n) is 17.4. The van der Waals surface area contributed by atoms with Gasteiger partial charge in [-0.2, -0.15) is 0 Å². The van der Waals surface area contributed by atoms with Gasteiger partial charge in [0.2, 0.25) is 0 Å². The van der Waals surface area contributed by atoms with Crippen LogP contribution < -0.4 is 0 Å². The molecule has 1 rings (SSSR count). The van der Waals surface area contributed by atoms with E-state index in [1.807, 2.05) is 104 Å². The number of rotatable bonds is 17. The van der Waals surface area contributed by atoms with E-state index < -0.39 is 17.8 Å². The summed E-state index contributed by atoms with van der Waals surface area (Å²) in [6.07, 6.45) is 5.48. The molecule has 0 amide bonds. The maximum atomic E-state index is 12.9. The van der Waals surface area contributed by atoms with Crippen molar-refractivity contribution in [3.8, 4) is 0 Å². The van der Waals surface area contributed by atoms with Crippen LogP contribution in [-0.4, -0.2) is 50.3 Å². The Morgan fingerprint density at radius 2 is 0.833 bits per heavy atom. The minimum absolute atomic E-state index is 0.00508. The SMILES string of the molecule is CC(C)COC(=O)C(C(C)C)C(C(=O)OCC(C)C)C(C)(C)C.CC(C)COC(=O)C(C(C)C)C(C(=O)OCC(C)C)C1CCCCC1. The Hall–Kier alpha value is -2.12. The highest BCUT2D eigenvalue weighted by atomic mass is 16.5. The van der Waals surface area contributed by atoms with Crippen LogP contribution in [0.15, 0.2) is 0 Å². The minimum atomic E-state index is -0.513. The zero-order valence-corrected chi connectivity index (χ0v) is 33.5. The zero-order valence-electron chi connectivity index (χ0n) is 33.5. The van der Waals surface area contributed by atoms with Gasteiger partial charge in [0.05, 0.1) is 50.1 Å². The van der Waals surface area contributed by atoms with Crippen LogP contribution in [0.3, 0.4) is 0 Å². The van der Waals surface area contributed by atoms with Gasteiger partial charge in [0.15, 0.2) is 0 Å². The number of carbonyl (C=O) groups excluding carboxylic acids is 4. The second-order valence-corrected chi connectivity index (χ2v) is 17.4. The van der Waals surface area contributed by atoms with Gasteiger partial charge in [-0.15, -0.1) is 0 Å². The molecule has 48 heavy (non-hydrogen) atoms. The number of esters is 4. The molecule has 0 N–H and O–H groups in total. The molecule has 1 fully saturated rings. The van der Waals surface area contributed by atoms with Crippen LogP contribution in [0.2, 0.25) is 0 Å². The zero-order chi connectivity index (χ0) is 37.4. The average Bonchev–Trinajstić information content (AvgIpc) is 2.97. The molecule has 0 aromatic rings. The molecule has 282 valence electrons. The Balaban J connectivity index is 0.000000924. The highest BCUT2D eigenvalue weighted by Gasteiger charge is 2.45. The largest absolute Gasteiger partial charge is 0.465 e. The molecule has 0 heterocycles. The summed E-state index contributed by atoms with van der Waals surface area (Å²) in [5.74, 6) is -1.43. The molecule has 4 atom stereocenters. The minimum Gasteiger partial charge on any atom is -0.465 e. The summed E-state index contributed by atoms with van der Waals surface area (Å²) in [5.41, 5.74) is -0.375. The van der Waals surface area contributed by atoms with Crippen molar-refractivity contribution in [1.82, 2.24) is 0 Å². The highest BCUT2D eigenvalue weighted by Crippen LogP contribution is 2.39. The molecule has 1 aliphatic carbocycles. The lowest BCUT2D eigenvalue weighted by Crippen LogP contribution is -2.43. The third-order valence-electron chi connectivity index (χ3n) is 8.58. The molecule has 1 aliphatic rings. The van der Waals surface area contributed by atoms with Crippen molar-refractivity contribution in [2.75, 3.05) is 26.4 Å². The molecular weight excluding hydrogens is 608 g/mol. The van der Waals surface area contributed by atoms with Gasteiger partial charge in [-0.3, -0.25) is 19.2 Å². The molecule has 8 nitrogen and oxygen atoms in total. The van der Waals surface area contributed by atoms with E-state index in [1.54, 1.807) is 0 Å². The number of carbonyl (C=O) groups is 4. The number of hydrogen-bond donors (Lipinski definition) is 0. The van der Waals surface area contributed by atoms with E-state index in [0.29, 0.717) is 32.3 Å². The lowest BCUT2D eigenvalue weighted by atomic mass is 9.69. The summed E-state index contributed by atoms with van der Waals surface area (Å²) in [5, 5.41) is 0. The van der Waals surface area contributed by atoms with Crippen molar-refractivity contribution in [2.24, 2.45) is 70.5 Å². The van der Waals surface area contributed by atoms with Crippen LogP contribution in [-0.2, 0) is 38.1 Å². The topological polar surface area (TPSA) is 105 Å². The first-order valence-corrected chi connectivity index (χ1v) is 18.8. The van der Waals surface area contributed by atoms with Gasteiger partial charge in [0, 0.05) is 0 Å². The maximum Gasteiger partial charge on any atom is 0.310 e. The van der Waals surface area contributed by atoms with Gasteiger partial charge >= 0.3 is 23.9 Å². The van der Waals surface area contributed by atoms with Gasteiger partial charge in [-0.05, 0) is 59.7 Å². The Morgan fingerprint density at radius 3 is 1.17 bits per heavy atom. The summed E-state index contributed by atoms with van der Waals surface area (Å²) >= 11 is 0. The normalized spacial score (nSPS) is 16.8. The Labute approximate surface area is 294 Å². The lowest BCUT2D eigenvalue weighted by Gasteiger charge is -2.36. The molecule has 0 spiro atoms. The Kier molecular flexibility index (Phi) is 21.6. The van der Waals surface area contributed by atoms with E-state index in [0.717, 1.165) is 25.7 Å². The third-order valence-corrected chi connectivity index (χ3v) is 8.58. The number of hydrogen-bond acceptors (Lipinski definition) is 8. The van der Waals surface area contributed by atoms with Crippen LogP contribution >= 0.6 is 0 Å². The summed E-state index contributed by atoms with van der Waals surface area (Å²) in [6, 6.07) is 0. The highest BCUT2D eigenvalue weighted by molar-refractivity contribution is 5.83. The maximum absolute atomic E-state index is 12.9. The van der Waals surface area contributed by atoms with E-state index in [1.165, 1.54) is 6.42 Å². The van der Waals surface area contributed by atoms with E-state index in [4.69, 9.17) is 18.9 Å². The van der Waals surface area contributed by atoms with Gasteiger partial charge in [-0.1, -0.05) is 123 Å². The monoisotopic (exact) mass is 683 g/mol. The van der Waals surface area contributed by atoms with Crippen LogP contribution in [0.4, 0.5) is 0 Å². The van der Waals surface area contributed by atoms with Crippen LogP contribution in [0.1, 0.15) is 136 Å². The first kappa shape index (κ1) is 45.9. The van der Waals surface area contributed by atoms with Gasteiger partial charge in [0.1, 0.15) is 0 Å². The predicted octanol–water partition coefficient (Wildman–Crippen LogP) is 9.17. The van der Waals surface area contributed by atoms with Crippen molar-refractivity contribution < 1.29 is 38.1 Å². The molecule has 8 heteroatoms. The molecule has 4 unspecified atom stereocenters. The summed E-state index contributed by atoms with van der Waals surface area (Å²) in [7, 11) is 0. The number of ether oxygens (including phenoxy) is 4. The smallest absolute Gasteiger partial charge is 0.310 e. The average molecular weight is 683 g/mol. The van der Waals surface area contributed by atoms with Crippen LogP contribution in [0.25, 0.3) is 0 Å². The van der Waals surface area contributed by atoms with Gasteiger partial charge < -0.3 is 18.9 Å². The fraction of sp³-hybridized carbons (Fsp3) is 0.900. The molecule has 0 radical (unpaired) electrons. The quantitative estimate of drug-likeness (QED) is 0.110. The summed E-state index contributed by atoms with van der Waals surface area (Å²) in [4.78, 5) is 50.9. The summed E-state index contributed by atoms with van der Waals surface area (Å²) < 4.78 is 22.0. The lowest BCUT2D eigenvalue weighted by molar-refractivity contribution is -0.169. The van der Waals surface area contributed by atoms with E-state index in [-0.39, 0.29) is 70.7 Å². The first-order chi connectivity index (χ1) is 22.1. The molecular formula is C40H74O8. The van der Waals surface area contributed by atoms with E-state index in [9.17, 15) is 19.2 Å². The van der Waals surface area contributed by atoms with E-state index in [2.05, 4.69) is 0 Å².